The summed E-state index contributed by atoms with van der Waals surface area (Å²) >= 11 is 0. The van der Waals surface area contributed by atoms with Crippen molar-refractivity contribution in [1.29, 1.82) is 0 Å². The van der Waals surface area contributed by atoms with E-state index >= 15 is 0 Å². The summed E-state index contributed by atoms with van der Waals surface area (Å²) in [5.74, 6) is -0.224. The van der Waals surface area contributed by atoms with Gasteiger partial charge in [0.2, 0.25) is 0 Å². The first-order valence-corrected chi connectivity index (χ1v) is 7.08. The number of hydrogen-bond acceptors (Lipinski definition) is 5. The second-order valence-electron chi connectivity index (χ2n) is 4.60. The van der Waals surface area contributed by atoms with Crippen molar-refractivity contribution in [2.75, 3.05) is 57.8 Å². The molecule has 1 aromatic carbocycles. The molecule has 0 fully saturated rings. The zero-order chi connectivity index (χ0) is 15.7. The summed E-state index contributed by atoms with van der Waals surface area (Å²) in [6.45, 7) is 4.86. The Bertz CT molecular complexity index is 430. The van der Waals surface area contributed by atoms with Crippen LogP contribution >= 0.6 is 0 Å². The third kappa shape index (κ3) is 5.40. The molecular formula is C15H25FN2O3. The van der Waals surface area contributed by atoms with Gasteiger partial charge in [-0.05, 0) is 13.3 Å². The van der Waals surface area contributed by atoms with Crippen LogP contribution in [0.25, 0.3) is 0 Å². The van der Waals surface area contributed by atoms with Gasteiger partial charge in [0.15, 0.2) is 11.6 Å². The number of anilines is 2. The summed E-state index contributed by atoms with van der Waals surface area (Å²) in [4.78, 5) is 2.06. The third-order valence-electron chi connectivity index (χ3n) is 3.06. The summed E-state index contributed by atoms with van der Waals surface area (Å²) < 4.78 is 29.3. The van der Waals surface area contributed by atoms with Gasteiger partial charge in [0, 0.05) is 46.0 Å². The smallest absolute Gasteiger partial charge is 0.167 e. The number of nitrogen functional groups attached to an aromatic ring is 1. The lowest BCUT2D eigenvalue weighted by Gasteiger charge is -2.26. The fourth-order valence-corrected chi connectivity index (χ4v) is 2.05. The monoisotopic (exact) mass is 300 g/mol. The minimum absolute atomic E-state index is 0.218. The molecule has 120 valence electrons. The van der Waals surface area contributed by atoms with Crippen LogP contribution in [0.2, 0.25) is 0 Å². The largest absolute Gasteiger partial charge is 0.491 e. The SMILES string of the molecule is CCOc1cc(N(CCCOC)CCOC)c(N)cc1F. The van der Waals surface area contributed by atoms with E-state index in [9.17, 15) is 4.39 Å². The van der Waals surface area contributed by atoms with Gasteiger partial charge in [-0.3, -0.25) is 0 Å². The Balaban J connectivity index is 2.95. The van der Waals surface area contributed by atoms with Crippen LogP contribution < -0.4 is 15.4 Å². The number of hydrogen-bond donors (Lipinski definition) is 1. The van der Waals surface area contributed by atoms with Crippen LogP contribution in [-0.4, -0.2) is 47.1 Å². The molecule has 6 heteroatoms. The van der Waals surface area contributed by atoms with Crippen molar-refractivity contribution >= 4 is 11.4 Å². The van der Waals surface area contributed by atoms with E-state index in [-0.39, 0.29) is 5.75 Å². The van der Waals surface area contributed by atoms with E-state index in [4.69, 9.17) is 19.9 Å². The fraction of sp³-hybridized carbons (Fsp3) is 0.600. The first kappa shape index (κ1) is 17.5. The van der Waals surface area contributed by atoms with E-state index in [0.717, 1.165) is 18.7 Å². The third-order valence-corrected chi connectivity index (χ3v) is 3.06. The molecule has 21 heavy (non-hydrogen) atoms. The van der Waals surface area contributed by atoms with Crippen molar-refractivity contribution in [2.24, 2.45) is 0 Å². The summed E-state index contributed by atoms with van der Waals surface area (Å²) in [6, 6.07) is 2.95. The van der Waals surface area contributed by atoms with Gasteiger partial charge in [-0.2, -0.15) is 0 Å². The van der Waals surface area contributed by atoms with Crippen LogP contribution in [0.15, 0.2) is 12.1 Å². The van der Waals surface area contributed by atoms with Gasteiger partial charge in [-0.1, -0.05) is 0 Å². The molecule has 0 saturated carbocycles. The minimum Gasteiger partial charge on any atom is -0.491 e. The maximum atomic E-state index is 13.8. The van der Waals surface area contributed by atoms with E-state index in [1.165, 1.54) is 6.07 Å². The quantitative estimate of drug-likeness (QED) is 0.531. The molecular weight excluding hydrogens is 275 g/mol. The summed E-state index contributed by atoms with van der Waals surface area (Å²) in [5.41, 5.74) is 7.10. The average molecular weight is 300 g/mol. The van der Waals surface area contributed by atoms with Crippen LogP contribution in [0.1, 0.15) is 13.3 Å². The van der Waals surface area contributed by atoms with E-state index in [1.54, 1.807) is 20.3 Å². The standard InChI is InChI=1S/C15H25FN2O3/c1-4-21-15-11-14(13(17)10-12(15)16)18(7-9-20-3)6-5-8-19-2/h10-11H,4-9,17H2,1-3H3. The Morgan fingerprint density at radius 1 is 1.14 bits per heavy atom. The van der Waals surface area contributed by atoms with Crippen LogP contribution in [0.5, 0.6) is 5.75 Å². The lowest BCUT2D eigenvalue weighted by Crippen LogP contribution is -2.29. The van der Waals surface area contributed by atoms with Crippen LogP contribution in [0, 0.1) is 5.82 Å². The topological polar surface area (TPSA) is 57.0 Å². The van der Waals surface area contributed by atoms with Crippen molar-refractivity contribution in [2.45, 2.75) is 13.3 Å². The highest BCUT2D eigenvalue weighted by Crippen LogP contribution is 2.31. The highest BCUT2D eigenvalue weighted by atomic mass is 19.1. The molecule has 1 aromatic rings. The predicted octanol–water partition coefficient (Wildman–Crippen LogP) is 2.30. The Morgan fingerprint density at radius 3 is 2.48 bits per heavy atom. The highest BCUT2D eigenvalue weighted by molar-refractivity contribution is 5.70. The second kappa shape index (κ2) is 9.41. The summed E-state index contributed by atoms with van der Waals surface area (Å²) in [6.07, 6.45) is 0.848. The highest BCUT2D eigenvalue weighted by Gasteiger charge is 2.14. The molecule has 0 aliphatic rings. The van der Waals surface area contributed by atoms with Gasteiger partial charge in [0.25, 0.3) is 0 Å². The first-order chi connectivity index (χ1) is 10.1. The minimum atomic E-state index is -0.443. The van der Waals surface area contributed by atoms with Crippen LogP contribution in [0.3, 0.4) is 0 Å². The fourth-order valence-electron chi connectivity index (χ4n) is 2.05. The predicted molar refractivity (Wildman–Crippen MR) is 82.6 cm³/mol. The summed E-state index contributed by atoms with van der Waals surface area (Å²) in [7, 11) is 3.31. The lowest BCUT2D eigenvalue weighted by atomic mass is 10.2. The molecule has 0 unspecified atom stereocenters. The molecule has 0 radical (unpaired) electrons. The van der Waals surface area contributed by atoms with Crippen molar-refractivity contribution in [3.8, 4) is 5.75 Å². The zero-order valence-corrected chi connectivity index (χ0v) is 13.0. The molecule has 0 aliphatic heterocycles. The van der Waals surface area contributed by atoms with Crippen molar-refractivity contribution in [3.05, 3.63) is 17.9 Å². The molecule has 0 heterocycles. The Kier molecular flexibility index (Phi) is 7.85. The van der Waals surface area contributed by atoms with Crippen LogP contribution in [-0.2, 0) is 9.47 Å². The first-order valence-electron chi connectivity index (χ1n) is 7.08. The van der Waals surface area contributed by atoms with E-state index in [0.29, 0.717) is 32.1 Å². The molecule has 0 bridgehead atoms. The van der Waals surface area contributed by atoms with Crippen molar-refractivity contribution in [3.63, 3.8) is 0 Å². The average Bonchev–Trinajstić information content (AvgIpc) is 2.46. The van der Waals surface area contributed by atoms with Gasteiger partial charge >= 0.3 is 0 Å². The molecule has 1 rings (SSSR count). The Hall–Kier alpha value is -1.53. The van der Waals surface area contributed by atoms with Crippen molar-refractivity contribution in [1.82, 2.24) is 0 Å². The van der Waals surface area contributed by atoms with Gasteiger partial charge in [0.1, 0.15) is 0 Å². The maximum Gasteiger partial charge on any atom is 0.167 e. The second-order valence-corrected chi connectivity index (χ2v) is 4.60. The molecule has 5 nitrogen and oxygen atoms in total. The Morgan fingerprint density at radius 2 is 1.86 bits per heavy atom. The van der Waals surface area contributed by atoms with Gasteiger partial charge < -0.3 is 24.8 Å². The maximum absolute atomic E-state index is 13.8. The molecule has 0 spiro atoms. The number of halogens is 1. The molecule has 0 aliphatic carbocycles. The number of nitrogens with zero attached hydrogens (tertiary/aromatic N) is 1. The zero-order valence-electron chi connectivity index (χ0n) is 13.0. The molecule has 0 aromatic heterocycles. The van der Waals surface area contributed by atoms with Gasteiger partial charge in [0.05, 0.1) is 24.6 Å². The normalized spacial score (nSPS) is 10.7. The Labute approximate surface area is 125 Å². The number of ether oxygens (including phenoxy) is 3. The lowest BCUT2D eigenvalue weighted by molar-refractivity contribution is 0.191. The number of nitrogens with two attached hydrogens (primary N) is 1. The number of methoxy groups -OCH3 is 2. The number of rotatable bonds is 10. The molecule has 0 saturated heterocycles. The van der Waals surface area contributed by atoms with E-state index in [1.807, 2.05) is 6.92 Å². The van der Waals surface area contributed by atoms with Gasteiger partial charge in [-0.25, -0.2) is 4.39 Å². The van der Waals surface area contributed by atoms with E-state index < -0.39 is 5.82 Å². The van der Waals surface area contributed by atoms with Crippen molar-refractivity contribution < 1.29 is 18.6 Å². The molecule has 0 atom stereocenters. The van der Waals surface area contributed by atoms with E-state index in [2.05, 4.69) is 4.90 Å². The van der Waals surface area contributed by atoms with Crippen LogP contribution in [0.4, 0.5) is 15.8 Å². The number of benzene rings is 1. The van der Waals surface area contributed by atoms with Gasteiger partial charge in [-0.15, -0.1) is 0 Å². The molecule has 2 N–H and O–H groups in total. The molecule has 0 amide bonds. The summed E-state index contributed by atoms with van der Waals surface area (Å²) in [5, 5.41) is 0.